The highest BCUT2D eigenvalue weighted by Gasteiger charge is 2.46. The number of imidazole rings is 1. The maximum atomic E-state index is 14.7. The second kappa shape index (κ2) is 8.16. The van der Waals surface area contributed by atoms with Gasteiger partial charge in [0.25, 0.3) is 6.43 Å². The molecule has 35 heavy (non-hydrogen) atoms. The molecule has 2 fully saturated rings. The van der Waals surface area contributed by atoms with Crippen molar-refractivity contribution in [3.63, 3.8) is 0 Å². The Balaban J connectivity index is 1.26. The van der Waals surface area contributed by atoms with Crippen LogP contribution in [0.25, 0.3) is 27.9 Å². The van der Waals surface area contributed by atoms with Crippen LogP contribution in [-0.4, -0.2) is 84.5 Å². The van der Waals surface area contributed by atoms with Crippen LogP contribution in [0.2, 0.25) is 0 Å². The van der Waals surface area contributed by atoms with E-state index in [2.05, 4.69) is 37.2 Å². The average Bonchev–Trinajstić information content (AvgIpc) is 3.47. The topological polar surface area (TPSA) is 85.4 Å². The third-order valence-corrected chi connectivity index (χ3v) is 6.95. The lowest BCUT2D eigenvalue weighted by Crippen LogP contribution is -2.59. The van der Waals surface area contributed by atoms with Crippen molar-refractivity contribution in [1.29, 1.82) is 0 Å². The Morgan fingerprint density at radius 1 is 1.20 bits per heavy atom. The fourth-order valence-electron chi connectivity index (χ4n) is 4.89. The van der Waals surface area contributed by atoms with Gasteiger partial charge < -0.3 is 14.6 Å². The quantitative estimate of drug-likeness (QED) is 0.449. The summed E-state index contributed by atoms with van der Waals surface area (Å²) in [4.78, 5) is 15.5. The van der Waals surface area contributed by atoms with E-state index >= 15 is 0 Å². The molecule has 0 spiro atoms. The van der Waals surface area contributed by atoms with Crippen LogP contribution < -0.4 is 5.32 Å². The molecule has 184 valence electrons. The smallest absolute Gasteiger partial charge is 0.256 e. The Hall–Kier alpha value is -3.25. The Bertz CT molecular complexity index is 1400. The van der Waals surface area contributed by atoms with Gasteiger partial charge in [0.05, 0.1) is 48.7 Å². The van der Waals surface area contributed by atoms with Gasteiger partial charge in [0.15, 0.2) is 5.65 Å². The summed E-state index contributed by atoms with van der Waals surface area (Å²) in [5.41, 5.74) is 2.91. The second-order valence-corrected chi connectivity index (χ2v) is 9.50. The number of pyridine rings is 1. The lowest BCUT2D eigenvalue weighted by atomic mass is 9.99. The Labute approximate surface area is 198 Å². The Kier molecular flexibility index (Phi) is 5.18. The van der Waals surface area contributed by atoms with Gasteiger partial charge in [-0.3, -0.25) is 4.90 Å². The zero-order valence-corrected chi connectivity index (χ0v) is 19.3. The van der Waals surface area contributed by atoms with Gasteiger partial charge in [-0.1, -0.05) is 0 Å². The van der Waals surface area contributed by atoms with E-state index in [1.54, 1.807) is 36.0 Å². The first-order valence-corrected chi connectivity index (χ1v) is 11.5. The van der Waals surface area contributed by atoms with Crippen molar-refractivity contribution in [1.82, 2.24) is 34.0 Å². The first-order chi connectivity index (χ1) is 16.8. The SMILES string of the molecule is Cc1nc2ccc(-c3ccn4nc(N[C@@H]5CN(C6(C)COC6)C[C@@H]5F)ncc34)nc2n1CC(F)F. The van der Waals surface area contributed by atoms with Gasteiger partial charge >= 0.3 is 0 Å². The highest BCUT2D eigenvalue weighted by atomic mass is 19.3. The van der Waals surface area contributed by atoms with Crippen LogP contribution in [0.1, 0.15) is 12.7 Å². The molecule has 2 atom stereocenters. The zero-order valence-electron chi connectivity index (χ0n) is 19.3. The summed E-state index contributed by atoms with van der Waals surface area (Å²) < 4.78 is 49.2. The predicted octanol–water partition coefficient (Wildman–Crippen LogP) is 2.94. The number of alkyl halides is 3. The number of aromatic nitrogens is 6. The molecule has 9 nitrogen and oxygen atoms in total. The molecule has 4 aromatic rings. The second-order valence-electron chi connectivity index (χ2n) is 9.50. The van der Waals surface area contributed by atoms with Crippen molar-refractivity contribution in [3.8, 4) is 11.3 Å². The Morgan fingerprint density at radius 3 is 2.77 bits per heavy atom. The van der Waals surface area contributed by atoms with E-state index in [-0.39, 0.29) is 5.54 Å². The average molecular weight is 487 g/mol. The molecule has 2 aliphatic heterocycles. The van der Waals surface area contributed by atoms with Crippen molar-refractivity contribution in [2.45, 2.75) is 44.6 Å². The number of likely N-dealkylation sites (tertiary alicyclic amines) is 1. The van der Waals surface area contributed by atoms with Crippen LogP contribution in [0.5, 0.6) is 0 Å². The van der Waals surface area contributed by atoms with Gasteiger partial charge in [-0.2, -0.15) is 0 Å². The molecule has 0 aromatic carbocycles. The number of aryl methyl sites for hydroxylation is 1. The minimum atomic E-state index is -2.51. The van der Waals surface area contributed by atoms with Crippen LogP contribution in [0.15, 0.2) is 30.6 Å². The van der Waals surface area contributed by atoms with E-state index in [1.165, 1.54) is 4.57 Å². The van der Waals surface area contributed by atoms with Gasteiger partial charge in [0.1, 0.15) is 17.5 Å². The van der Waals surface area contributed by atoms with Crippen molar-refractivity contribution in [2.24, 2.45) is 0 Å². The molecule has 2 aliphatic rings. The van der Waals surface area contributed by atoms with Crippen LogP contribution in [0, 0.1) is 6.92 Å². The molecule has 0 aliphatic carbocycles. The van der Waals surface area contributed by atoms with Crippen molar-refractivity contribution in [3.05, 3.63) is 36.4 Å². The number of halogens is 3. The highest BCUT2D eigenvalue weighted by Crippen LogP contribution is 2.31. The molecule has 6 rings (SSSR count). The van der Waals surface area contributed by atoms with Gasteiger partial charge in [0.2, 0.25) is 5.95 Å². The fraction of sp³-hybridized carbons (Fsp3) is 0.478. The lowest BCUT2D eigenvalue weighted by Gasteiger charge is -2.45. The Morgan fingerprint density at radius 2 is 2.03 bits per heavy atom. The van der Waals surface area contributed by atoms with E-state index in [0.717, 1.165) is 5.56 Å². The largest absolute Gasteiger partial charge is 0.377 e. The summed E-state index contributed by atoms with van der Waals surface area (Å²) in [5, 5.41) is 7.64. The highest BCUT2D eigenvalue weighted by molar-refractivity contribution is 5.82. The van der Waals surface area contributed by atoms with E-state index in [0.29, 0.717) is 60.5 Å². The number of fused-ring (bicyclic) bond motifs is 2. The van der Waals surface area contributed by atoms with Crippen molar-refractivity contribution < 1.29 is 17.9 Å². The monoisotopic (exact) mass is 486 g/mol. The maximum Gasteiger partial charge on any atom is 0.256 e. The molecule has 1 N–H and O–H groups in total. The van der Waals surface area contributed by atoms with Crippen LogP contribution >= 0.6 is 0 Å². The molecule has 0 amide bonds. The predicted molar refractivity (Wildman–Crippen MR) is 123 cm³/mol. The number of hydrogen-bond donors (Lipinski definition) is 1. The standard InChI is InChI=1S/C23H25F3N8O/c1-13-28-17-4-3-16(29-21(17)33(13)10-20(25)26)14-5-6-34-19(14)7-27-22(31-34)30-18-9-32(8-15(18)24)23(2)11-35-12-23/h3-7,15,18,20H,8-12H2,1-2H3,(H,30,31)/t15-,18+/m0/s1. The molecule has 2 saturated heterocycles. The minimum absolute atomic E-state index is 0.113. The number of nitrogens with one attached hydrogen (secondary N) is 1. The van der Waals surface area contributed by atoms with Gasteiger partial charge in [0, 0.05) is 24.8 Å². The third kappa shape index (κ3) is 3.80. The number of rotatable bonds is 6. The number of hydrogen-bond acceptors (Lipinski definition) is 7. The fourth-order valence-corrected chi connectivity index (χ4v) is 4.89. The number of anilines is 1. The summed E-state index contributed by atoms with van der Waals surface area (Å²) in [7, 11) is 0. The van der Waals surface area contributed by atoms with Gasteiger partial charge in [-0.15, -0.1) is 5.10 Å². The number of ether oxygens (including phenoxy) is 1. The first-order valence-electron chi connectivity index (χ1n) is 11.5. The summed E-state index contributed by atoms with van der Waals surface area (Å²) in [6.45, 7) is 5.44. The lowest BCUT2D eigenvalue weighted by molar-refractivity contribution is -0.124. The van der Waals surface area contributed by atoms with Crippen molar-refractivity contribution >= 4 is 22.6 Å². The van der Waals surface area contributed by atoms with E-state index < -0.39 is 25.2 Å². The van der Waals surface area contributed by atoms with Crippen LogP contribution in [0.3, 0.4) is 0 Å². The van der Waals surface area contributed by atoms with Crippen LogP contribution in [-0.2, 0) is 11.3 Å². The molecule has 0 unspecified atom stereocenters. The summed E-state index contributed by atoms with van der Waals surface area (Å²) >= 11 is 0. The normalized spacial score (nSPS) is 22.3. The summed E-state index contributed by atoms with van der Waals surface area (Å²) in [6.07, 6.45) is -0.123. The molecule has 12 heteroatoms. The minimum Gasteiger partial charge on any atom is -0.377 e. The molecule has 6 heterocycles. The molecule has 0 bridgehead atoms. The maximum absolute atomic E-state index is 14.7. The number of nitrogens with zero attached hydrogens (tertiary/aromatic N) is 7. The molecular formula is C23H25F3N8O. The van der Waals surface area contributed by atoms with E-state index in [4.69, 9.17) is 4.74 Å². The molecule has 0 saturated carbocycles. The van der Waals surface area contributed by atoms with Crippen LogP contribution in [0.4, 0.5) is 19.1 Å². The van der Waals surface area contributed by atoms with E-state index in [9.17, 15) is 13.2 Å². The third-order valence-electron chi connectivity index (χ3n) is 6.95. The van der Waals surface area contributed by atoms with Crippen molar-refractivity contribution in [2.75, 3.05) is 31.6 Å². The van der Waals surface area contributed by atoms with Gasteiger partial charge in [-0.25, -0.2) is 32.6 Å². The zero-order chi connectivity index (χ0) is 24.3. The first kappa shape index (κ1) is 22.2. The van der Waals surface area contributed by atoms with Gasteiger partial charge in [-0.05, 0) is 32.0 Å². The molecule has 4 aromatic heterocycles. The summed E-state index contributed by atoms with van der Waals surface area (Å²) in [6, 6.07) is 5.00. The summed E-state index contributed by atoms with van der Waals surface area (Å²) in [5.74, 6) is 0.819. The molecule has 0 radical (unpaired) electrons. The molecular weight excluding hydrogens is 461 g/mol. The van der Waals surface area contributed by atoms with E-state index in [1.807, 2.05) is 6.07 Å².